The van der Waals surface area contributed by atoms with E-state index in [1.807, 2.05) is 6.07 Å². The number of nitrogens with one attached hydrogen (secondary N) is 1. The van der Waals surface area contributed by atoms with E-state index in [2.05, 4.69) is 31.4 Å². The van der Waals surface area contributed by atoms with Crippen LogP contribution in [-0.4, -0.2) is 34.2 Å². The van der Waals surface area contributed by atoms with Crippen molar-refractivity contribution >= 4 is 78.5 Å². The molecule has 0 aliphatic rings. The summed E-state index contributed by atoms with van der Waals surface area (Å²) in [5.74, 6) is 0.201. The summed E-state index contributed by atoms with van der Waals surface area (Å²) in [5, 5.41) is 5.09. The van der Waals surface area contributed by atoms with Gasteiger partial charge in [-0.15, -0.1) is 0 Å². The van der Waals surface area contributed by atoms with Gasteiger partial charge in [0.15, 0.2) is 0 Å². The lowest BCUT2D eigenvalue weighted by Crippen LogP contribution is -2.30. The molecule has 3 heterocycles. The fourth-order valence-corrected chi connectivity index (χ4v) is 6.34. The van der Waals surface area contributed by atoms with Crippen molar-refractivity contribution in [1.29, 1.82) is 0 Å². The van der Waals surface area contributed by atoms with Crippen molar-refractivity contribution in [2.24, 2.45) is 5.10 Å². The Kier molecular flexibility index (Phi) is 9.07. The number of carbonyl (C=O) groups is 1. The molecule has 3 aromatic heterocycles. The third-order valence-electron chi connectivity index (χ3n) is 6.14. The molecule has 9 nitrogen and oxygen atoms in total. The van der Waals surface area contributed by atoms with Crippen LogP contribution < -0.4 is 5.43 Å². The zero-order valence-electron chi connectivity index (χ0n) is 21.8. The number of aryl methyl sites for hydroxylation is 1. The van der Waals surface area contributed by atoms with E-state index in [0.29, 0.717) is 49.2 Å². The Morgan fingerprint density at radius 1 is 1.05 bits per heavy atom. The van der Waals surface area contributed by atoms with E-state index in [0.717, 1.165) is 4.47 Å². The molecule has 0 radical (unpaired) electrons. The van der Waals surface area contributed by atoms with Crippen LogP contribution in [0.3, 0.4) is 0 Å². The Hall–Kier alpha value is -3.19. The van der Waals surface area contributed by atoms with Gasteiger partial charge < -0.3 is 4.42 Å². The van der Waals surface area contributed by atoms with Gasteiger partial charge in [0, 0.05) is 22.2 Å². The van der Waals surface area contributed by atoms with E-state index in [9.17, 15) is 13.2 Å². The second-order valence-corrected chi connectivity index (χ2v) is 13.2. The zero-order valence-corrected chi connectivity index (χ0v) is 26.4. The fourth-order valence-electron chi connectivity index (χ4n) is 4.16. The molecule has 0 aliphatic heterocycles. The summed E-state index contributed by atoms with van der Waals surface area (Å²) in [6.07, 6.45) is 3.07. The van der Waals surface area contributed by atoms with Crippen molar-refractivity contribution in [2.75, 3.05) is 0 Å². The van der Waals surface area contributed by atoms with Crippen molar-refractivity contribution in [2.45, 2.75) is 24.9 Å². The highest BCUT2D eigenvalue weighted by atomic mass is 79.9. The van der Waals surface area contributed by atoms with Gasteiger partial charge in [-0.1, -0.05) is 40.9 Å². The average Bonchev–Trinajstić information content (AvgIpc) is 3.53. The third kappa shape index (κ3) is 6.72. The number of pyridine rings is 1. The van der Waals surface area contributed by atoms with Crippen LogP contribution in [0.4, 0.5) is 0 Å². The Labute approximate surface area is 264 Å². The Bertz CT molecular complexity index is 1920. The van der Waals surface area contributed by atoms with Crippen LogP contribution in [-0.2, 0) is 23.1 Å². The fraction of sp³-hybridized carbons (Fsp3) is 0.107. The first-order chi connectivity index (χ1) is 20.0. The molecule has 0 saturated heterocycles. The maximum atomic E-state index is 13.6. The normalized spacial score (nSPS) is 12.0. The summed E-state index contributed by atoms with van der Waals surface area (Å²) < 4.78 is 36.8. The van der Waals surface area contributed by atoms with Crippen LogP contribution in [0.25, 0.3) is 5.65 Å². The van der Waals surface area contributed by atoms with E-state index in [1.54, 1.807) is 53.9 Å². The molecule has 1 N–H and O–H groups in total. The quantitative estimate of drug-likeness (QED) is 0.130. The highest BCUT2D eigenvalue weighted by molar-refractivity contribution is 9.10. The van der Waals surface area contributed by atoms with Gasteiger partial charge in [0.05, 0.1) is 33.4 Å². The predicted octanol–water partition coefficient (Wildman–Crippen LogP) is 7.11. The number of halogens is 4. The van der Waals surface area contributed by atoms with Crippen LogP contribution in [0, 0.1) is 6.92 Å². The largest absolute Gasteiger partial charge is 0.459 e. The number of hydrazone groups is 1. The highest BCUT2D eigenvalue weighted by Gasteiger charge is 2.26. The molecule has 0 unspecified atom stereocenters. The molecule has 2 aromatic carbocycles. The molecule has 14 heteroatoms. The van der Waals surface area contributed by atoms with Crippen molar-refractivity contribution in [3.8, 4) is 0 Å². The number of aromatic nitrogens is 2. The molecule has 5 rings (SSSR count). The van der Waals surface area contributed by atoms with E-state index in [4.69, 9.17) is 39.2 Å². The van der Waals surface area contributed by atoms with Gasteiger partial charge >= 0.3 is 0 Å². The first-order valence-corrected chi connectivity index (χ1v) is 15.6. The Balaban J connectivity index is 1.34. The molecule has 42 heavy (non-hydrogen) atoms. The van der Waals surface area contributed by atoms with Crippen LogP contribution in [0.2, 0.25) is 15.1 Å². The van der Waals surface area contributed by atoms with Crippen LogP contribution in [0.15, 0.2) is 91.8 Å². The van der Waals surface area contributed by atoms with Crippen LogP contribution in [0.5, 0.6) is 0 Å². The van der Waals surface area contributed by atoms with Crippen LogP contribution >= 0.6 is 50.7 Å². The summed E-state index contributed by atoms with van der Waals surface area (Å²) >= 11 is 21.6. The van der Waals surface area contributed by atoms with E-state index < -0.39 is 15.9 Å². The molecule has 0 saturated carbocycles. The topological polar surface area (TPSA) is 109 Å². The van der Waals surface area contributed by atoms with Gasteiger partial charge in [0.25, 0.3) is 5.91 Å². The minimum Gasteiger partial charge on any atom is -0.459 e. The number of fused-ring (bicyclic) bond motifs is 1. The molecular formula is C28H21BrCl3N5O4S. The molecular weight excluding hydrogens is 689 g/mol. The smallest absolute Gasteiger partial charge is 0.290 e. The van der Waals surface area contributed by atoms with Crippen LogP contribution in [0.1, 0.15) is 33.3 Å². The number of furan rings is 1. The van der Waals surface area contributed by atoms with Gasteiger partial charge in [0.2, 0.25) is 10.0 Å². The minimum absolute atomic E-state index is 0.00317. The van der Waals surface area contributed by atoms with Crippen molar-refractivity contribution in [1.82, 2.24) is 19.1 Å². The molecule has 1 amide bonds. The highest BCUT2D eigenvalue weighted by Crippen LogP contribution is 2.27. The number of imidazole rings is 1. The molecule has 0 spiro atoms. The first kappa shape index (κ1) is 30.3. The number of amides is 1. The zero-order chi connectivity index (χ0) is 30.0. The maximum absolute atomic E-state index is 13.6. The van der Waals surface area contributed by atoms with E-state index in [1.165, 1.54) is 34.8 Å². The summed E-state index contributed by atoms with van der Waals surface area (Å²) in [6.45, 7) is 1.64. The molecule has 0 aliphatic carbocycles. The standard InChI is InChI=1S/C28H21BrCl3N5O4S/c1-17-27(37-15-19(29)3-11-26(37)34-17)28(38)35-33-13-21-6-7-22(41-21)16-36(14-18-2-10-24(31)25(32)12-18)42(39,40)23-8-4-20(30)5-9-23/h2-13,15H,14,16H2,1H3,(H,35,38)/b33-13+. The monoisotopic (exact) mass is 707 g/mol. The van der Waals surface area contributed by atoms with E-state index >= 15 is 0 Å². The van der Waals surface area contributed by atoms with Crippen molar-refractivity contribution < 1.29 is 17.6 Å². The number of rotatable bonds is 9. The molecule has 0 fully saturated rings. The number of benzene rings is 2. The SMILES string of the molecule is Cc1nc2ccc(Br)cn2c1C(=O)N/N=C/c1ccc(CN(Cc2ccc(Cl)c(Cl)c2)S(=O)(=O)c2ccc(Cl)cc2)o1. The van der Waals surface area contributed by atoms with Gasteiger partial charge in [0.1, 0.15) is 22.9 Å². The lowest BCUT2D eigenvalue weighted by Gasteiger charge is -2.22. The number of hydrogen-bond donors (Lipinski definition) is 1. The summed E-state index contributed by atoms with van der Waals surface area (Å²) in [7, 11) is -3.97. The third-order valence-corrected chi connectivity index (χ3v) is 9.40. The predicted molar refractivity (Wildman–Crippen MR) is 166 cm³/mol. The average molecular weight is 710 g/mol. The van der Waals surface area contributed by atoms with E-state index in [-0.39, 0.29) is 18.0 Å². The maximum Gasteiger partial charge on any atom is 0.290 e. The van der Waals surface area contributed by atoms with Gasteiger partial charge in [-0.05, 0) is 89.1 Å². The summed E-state index contributed by atoms with van der Waals surface area (Å²) in [5.41, 5.74) is 4.63. The summed E-state index contributed by atoms with van der Waals surface area (Å²) in [4.78, 5) is 17.3. The molecule has 216 valence electrons. The van der Waals surface area contributed by atoms with Crippen molar-refractivity contribution in [3.63, 3.8) is 0 Å². The lowest BCUT2D eigenvalue weighted by molar-refractivity contribution is 0.0948. The Morgan fingerprint density at radius 3 is 2.55 bits per heavy atom. The van der Waals surface area contributed by atoms with Gasteiger partial charge in [-0.2, -0.15) is 9.41 Å². The number of sulfonamides is 1. The second kappa shape index (κ2) is 12.6. The Morgan fingerprint density at radius 2 is 1.81 bits per heavy atom. The second-order valence-electron chi connectivity index (χ2n) is 9.10. The number of hydrogen-bond acceptors (Lipinski definition) is 6. The molecule has 0 atom stereocenters. The lowest BCUT2D eigenvalue weighted by atomic mass is 10.2. The van der Waals surface area contributed by atoms with Gasteiger partial charge in [-0.3, -0.25) is 9.20 Å². The van der Waals surface area contributed by atoms with Crippen molar-refractivity contribution in [3.05, 3.63) is 121 Å². The minimum atomic E-state index is -3.97. The number of carbonyl (C=O) groups excluding carboxylic acids is 1. The summed E-state index contributed by atoms with van der Waals surface area (Å²) in [6, 6.07) is 17.7. The molecule has 5 aromatic rings. The van der Waals surface area contributed by atoms with Gasteiger partial charge in [-0.25, -0.2) is 18.8 Å². The molecule has 0 bridgehead atoms. The number of nitrogens with zero attached hydrogens (tertiary/aromatic N) is 4. The first-order valence-electron chi connectivity index (χ1n) is 12.3.